The van der Waals surface area contributed by atoms with Gasteiger partial charge in [0.05, 0.1) is 24.0 Å². The topological polar surface area (TPSA) is 47.3 Å². The van der Waals surface area contributed by atoms with E-state index in [1.165, 1.54) is 4.88 Å². The van der Waals surface area contributed by atoms with E-state index in [1.807, 2.05) is 18.2 Å². The molecule has 0 radical (unpaired) electrons. The van der Waals surface area contributed by atoms with Crippen molar-refractivity contribution in [1.29, 1.82) is 0 Å². The Balaban J connectivity index is 2.16. The van der Waals surface area contributed by atoms with E-state index in [0.29, 0.717) is 18.3 Å². The summed E-state index contributed by atoms with van der Waals surface area (Å²) in [4.78, 5) is 1.34. The Kier molecular flexibility index (Phi) is 5.93. The van der Waals surface area contributed by atoms with Crippen molar-refractivity contribution in [3.63, 3.8) is 0 Å². The molecule has 1 unspecified atom stereocenters. The second-order valence-electron chi connectivity index (χ2n) is 5.07. The zero-order valence-corrected chi connectivity index (χ0v) is 13.6. The largest absolute Gasteiger partial charge is 0.491 e. The summed E-state index contributed by atoms with van der Waals surface area (Å²) in [5, 5.41) is 5.69. The Labute approximate surface area is 131 Å². The third kappa shape index (κ3) is 4.14. The predicted octanol–water partition coefficient (Wildman–Crippen LogP) is 5.07. The Morgan fingerprint density at radius 3 is 2.71 bits per heavy atom. The van der Waals surface area contributed by atoms with E-state index < -0.39 is 0 Å². The number of anilines is 2. The number of hydrogen-bond donors (Lipinski definition) is 2. The fourth-order valence-corrected chi connectivity index (χ4v) is 3.07. The van der Waals surface area contributed by atoms with Gasteiger partial charge >= 0.3 is 0 Å². The van der Waals surface area contributed by atoms with Gasteiger partial charge in [-0.25, -0.2) is 0 Å². The van der Waals surface area contributed by atoms with Gasteiger partial charge < -0.3 is 15.8 Å². The smallest absolute Gasteiger partial charge is 0.144 e. The van der Waals surface area contributed by atoms with E-state index in [2.05, 4.69) is 36.7 Å². The average molecular weight is 304 g/mol. The number of benzene rings is 1. The van der Waals surface area contributed by atoms with Crippen molar-refractivity contribution < 1.29 is 4.74 Å². The van der Waals surface area contributed by atoms with Crippen LogP contribution < -0.4 is 15.8 Å². The highest BCUT2D eigenvalue weighted by molar-refractivity contribution is 7.10. The number of rotatable bonds is 8. The number of nitrogens with one attached hydrogen (secondary N) is 1. The number of thiophene rings is 1. The maximum absolute atomic E-state index is 6.24. The molecule has 114 valence electrons. The second kappa shape index (κ2) is 7.93. The molecule has 0 bridgehead atoms. The van der Waals surface area contributed by atoms with Crippen LogP contribution in [0.3, 0.4) is 0 Å². The number of nitrogens with two attached hydrogens (primary N) is 1. The summed E-state index contributed by atoms with van der Waals surface area (Å²) >= 11 is 1.78. The minimum absolute atomic E-state index is 0.304. The molecule has 4 heteroatoms. The Hall–Kier alpha value is -1.68. The van der Waals surface area contributed by atoms with Gasteiger partial charge in [-0.05, 0) is 36.4 Å². The van der Waals surface area contributed by atoms with E-state index in [9.17, 15) is 0 Å². The lowest BCUT2D eigenvalue weighted by Gasteiger charge is -2.20. The number of ether oxygens (including phenoxy) is 1. The third-order valence-corrected chi connectivity index (χ3v) is 4.31. The molecule has 1 aromatic heterocycles. The molecule has 0 fully saturated rings. The Morgan fingerprint density at radius 1 is 1.19 bits per heavy atom. The minimum Gasteiger partial charge on any atom is -0.491 e. The van der Waals surface area contributed by atoms with E-state index in [1.54, 1.807) is 11.3 Å². The lowest BCUT2D eigenvalue weighted by atomic mass is 10.1. The van der Waals surface area contributed by atoms with Gasteiger partial charge in [0.25, 0.3) is 0 Å². The summed E-state index contributed by atoms with van der Waals surface area (Å²) < 4.78 is 5.70. The Morgan fingerprint density at radius 2 is 2.05 bits per heavy atom. The molecule has 3 nitrogen and oxygen atoms in total. The van der Waals surface area contributed by atoms with E-state index >= 15 is 0 Å². The normalized spacial score (nSPS) is 12.1. The van der Waals surface area contributed by atoms with Crippen molar-refractivity contribution in [1.82, 2.24) is 0 Å². The van der Waals surface area contributed by atoms with Crippen LogP contribution >= 0.6 is 11.3 Å². The van der Waals surface area contributed by atoms with Gasteiger partial charge in [-0.3, -0.25) is 0 Å². The monoisotopic (exact) mass is 304 g/mol. The molecular weight excluding hydrogens is 280 g/mol. The summed E-state index contributed by atoms with van der Waals surface area (Å²) in [6.07, 6.45) is 3.19. The fourth-order valence-electron chi connectivity index (χ4n) is 2.26. The molecule has 2 aromatic rings. The molecule has 21 heavy (non-hydrogen) atoms. The predicted molar refractivity (Wildman–Crippen MR) is 92.2 cm³/mol. The summed E-state index contributed by atoms with van der Waals surface area (Å²) in [5.41, 5.74) is 7.89. The van der Waals surface area contributed by atoms with Crippen molar-refractivity contribution in [2.24, 2.45) is 0 Å². The summed E-state index contributed by atoms with van der Waals surface area (Å²) in [5.74, 6) is 0.767. The first-order valence-corrected chi connectivity index (χ1v) is 8.45. The van der Waals surface area contributed by atoms with Crippen LogP contribution in [0.2, 0.25) is 0 Å². The van der Waals surface area contributed by atoms with Crippen LogP contribution in [-0.4, -0.2) is 6.61 Å². The standard InChI is InChI=1S/C17H24N2OS/c1-3-7-13(16-10-6-12-21-16)19-14-8-5-9-15(17(14)18)20-11-4-2/h5-6,8-10,12-13,19H,3-4,7,11,18H2,1-2H3. The summed E-state index contributed by atoms with van der Waals surface area (Å²) in [6.45, 7) is 4.98. The minimum atomic E-state index is 0.304. The second-order valence-corrected chi connectivity index (χ2v) is 6.05. The molecule has 0 amide bonds. The molecule has 0 saturated carbocycles. The van der Waals surface area contributed by atoms with Gasteiger partial charge in [-0.15, -0.1) is 11.3 Å². The van der Waals surface area contributed by atoms with Crippen molar-refractivity contribution in [2.75, 3.05) is 17.7 Å². The Bertz CT molecular complexity index is 540. The molecule has 0 spiro atoms. The van der Waals surface area contributed by atoms with Crippen LogP contribution in [0.4, 0.5) is 11.4 Å². The van der Waals surface area contributed by atoms with Crippen LogP contribution in [0.1, 0.15) is 44.0 Å². The summed E-state index contributed by atoms with van der Waals surface area (Å²) in [6, 6.07) is 10.5. The average Bonchev–Trinajstić information content (AvgIpc) is 3.01. The highest BCUT2D eigenvalue weighted by atomic mass is 32.1. The number of hydrogen-bond acceptors (Lipinski definition) is 4. The molecular formula is C17H24N2OS. The van der Waals surface area contributed by atoms with Crippen LogP contribution in [0.25, 0.3) is 0 Å². The van der Waals surface area contributed by atoms with Crippen LogP contribution in [0, 0.1) is 0 Å². The lowest BCUT2D eigenvalue weighted by molar-refractivity contribution is 0.319. The van der Waals surface area contributed by atoms with Crippen molar-refractivity contribution in [3.8, 4) is 5.75 Å². The van der Waals surface area contributed by atoms with Crippen molar-refractivity contribution in [2.45, 2.75) is 39.2 Å². The first-order chi connectivity index (χ1) is 10.3. The maximum Gasteiger partial charge on any atom is 0.144 e. The highest BCUT2D eigenvalue weighted by Crippen LogP contribution is 2.34. The molecule has 2 rings (SSSR count). The molecule has 1 atom stereocenters. The van der Waals surface area contributed by atoms with Crippen LogP contribution in [0.15, 0.2) is 35.7 Å². The molecule has 0 aliphatic carbocycles. The van der Waals surface area contributed by atoms with Gasteiger partial charge in [-0.2, -0.15) is 0 Å². The fraction of sp³-hybridized carbons (Fsp3) is 0.412. The molecule has 0 aliphatic heterocycles. The van der Waals surface area contributed by atoms with Crippen molar-refractivity contribution >= 4 is 22.7 Å². The van der Waals surface area contributed by atoms with Gasteiger partial charge in [-0.1, -0.05) is 32.4 Å². The molecule has 0 aliphatic rings. The number of para-hydroxylation sites is 1. The number of nitrogen functional groups attached to an aromatic ring is 1. The molecule has 3 N–H and O–H groups in total. The maximum atomic E-state index is 6.24. The zero-order chi connectivity index (χ0) is 15.1. The first-order valence-electron chi connectivity index (χ1n) is 7.57. The van der Waals surface area contributed by atoms with Gasteiger partial charge in [0.1, 0.15) is 5.75 Å². The van der Waals surface area contributed by atoms with Crippen LogP contribution in [-0.2, 0) is 0 Å². The van der Waals surface area contributed by atoms with Gasteiger partial charge in [0, 0.05) is 4.88 Å². The SMILES string of the molecule is CCCOc1cccc(NC(CCC)c2cccs2)c1N. The van der Waals surface area contributed by atoms with Gasteiger partial charge in [0.15, 0.2) is 0 Å². The summed E-state index contributed by atoms with van der Waals surface area (Å²) in [7, 11) is 0. The van der Waals surface area contributed by atoms with E-state index in [4.69, 9.17) is 10.5 Å². The molecule has 1 heterocycles. The van der Waals surface area contributed by atoms with Gasteiger partial charge in [0.2, 0.25) is 0 Å². The zero-order valence-electron chi connectivity index (χ0n) is 12.8. The van der Waals surface area contributed by atoms with E-state index in [0.717, 1.165) is 30.7 Å². The highest BCUT2D eigenvalue weighted by Gasteiger charge is 2.14. The van der Waals surface area contributed by atoms with Crippen LogP contribution in [0.5, 0.6) is 5.75 Å². The van der Waals surface area contributed by atoms with Crippen molar-refractivity contribution in [3.05, 3.63) is 40.6 Å². The first kappa shape index (κ1) is 15.7. The molecule has 0 saturated heterocycles. The van der Waals surface area contributed by atoms with E-state index in [-0.39, 0.29) is 0 Å². The quantitative estimate of drug-likeness (QED) is 0.669. The third-order valence-electron chi connectivity index (χ3n) is 3.32. The lowest BCUT2D eigenvalue weighted by Crippen LogP contribution is -2.11. The molecule has 1 aromatic carbocycles.